The second-order valence-corrected chi connectivity index (χ2v) is 6.74. The molecule has 0 aromatic heterocycles. The van der Waals surface area contributed by atoms with Crippen molar-refractivity contribution < 1.29 is 9.53 Å². The number of halogens is 1. The van der Waals surface area contributed by atoms with Crippen LogP contribution >= 0.6 is 11.6 Å². The van der Waals surface area contributed by atoms with Crippen molar-refractivity contribution in [1.82, 2.24) is 10.2 Å². The number of amides is 1. The Balaban J connectivity index is 1.52. The molecule has 2 atom stereocenters. The molecular formula is C17H23ClN2O2. The number of nitrogens with one attached hydrogen (secondary N) is 1. The summed E-state index contributed by atoms with van der Waals surface area (Å²) in [5.41, 5.74) is 0.960. The van der Waals surface area contributed by atoms with E-state index in [2.05, 4.69) is 5.32 Å². The molecule has 5 heteroatoms. The van der Waals surface area contributed by atoms with E-state index in [1.165, 1.54) is 0 Å². The van der Waals surface area contributed by atoms with Gasteiger partial charge in [-0.15, -0.1) is 0 Å². The predicted octanol–water partition coefficient (Wildman–Crippen LogP) is 2.49. The molecule has 2 aliphatic rings. The summed E-state index contributed by atoms with van der Waals surface area (Å²) in [6.07, 6.45) is 2.20. The topological polar surface area (TPSA) is 41.6 Å². The van der Waals surface area contributed by atoms with Crippen LogP contribution in [0, 0.1) is 18.8 Å². The molecule has 0 bridgehead atoms. The second kappa shape index (κ2) is 6.88. The number of aryl methyl sites for hydroxylation is 1. The standard InChI is InChI=1S/C17H23ClN2O2/c1-12-8-15(2-3-16(12)18)22-11-17(21)20-6-4-13-9-19-10-14(13)5-7-20/h2-3,8,13-14,19H,4-7,9-11H2,1H3/t13-,14+. The van der Waals surface area contributed by atoms with Crippen molar-refractivity contribution in [1.29, 1.82) is 0 Å². The first kappa shape index (κ1) is 15.6. The molecule has 2 heterocycles. The maximum atomic E-state index is 12.4. The van der Waals surface area contributed by atoms with Gasteiger partial charge in [-0.1, -0.05) is 11.6 Å². The molecule has 0 spiro atoms. The lowest BCUT2D eigenvalue weighted by Crippen LogP contribution is -2.36. The van der Waals surface area contributed by atoms with E-state index in [9.17, 15) is 4.79 Å². The van der Waals surface area contributed by atoms with Crippen molar-refractivity contribution in [3.05, 3.63) is 28.8 Å². The fourth-order valence-electron chi connectivity index (χ4n) is 3.41. The summed E-state index contributed by atoms with van der Waals surface area (Å²) in [6, 6.07) is 5.48. The molecule has 22 heavy (non-hydrogen) atoms. The molecule has 1 aromatic carbocycles. The van der Waals surface area contributed by atoms with E-state index in [0.717, 1.165) is 56.4 Å². The highest BCUT2D eigenvalue weighted by Crippen LogP contribution is 2.27. The van der Waals surface area contributed by atoms with Gasteiger partial charge in [-0.05, 0) is 68.5 Å². The molecule has 1 amide bonds. The molecule has 2 fully saturated rings. The number of hydrogen-bond acceptors (Lipinski definition) is 3. The van der Waals surface area contributed by atoms with Crippen LogP contribution in [0.5, 0.6) is 5.75 Å². The quantitative estimate of drug-likeness (QED) is 0.929. The van der Waals surface area contributed by atoms with Crippen LogP contribution in [0.4, 0.5) is 0 Å². The zero-order chi connectivity index (χ0) is 15.5. The van der Waals surface area contributed by atoms with Gasteiger partial charge in [0.1, 0.15) is 5.75 Å². The average molecular weight is 323 g/mol. The van der Waals surface area contributed by atoms with Crippen LogP contribution in [0.1, 0.15) is 18.4 Å². The zero-order valence-corrected chi connectivity index (χ0v) is 13.7. The van der Waals surface area contributed by atoms with Gasteiger partial charge >= 0.3 is 0 Å². The largest absolute Gasteiger partial charge is 0.484 e. The third-order valence-corrected chi connectivity index (χ3v) is 5.29. The molecule has 3 rings (SSSR count). The van der Waals surface area contributed by atoms with Gasteiger partial charge in [0, 0.05) is 18.1 Å². The highest BCUT2D eigenvalue weighted by atomic mass is 35.5. The Morgan fingerprint density at radius 1 is 1.32 bits per heavy atom. The minimum atomic E-state index is 0.0838. The minimum absolute atomic E-state index is 0.0838. The molecular weight excluding hydrogens is 300 g/mol. The molecule has 0 saturated carbocycles. The molecule has 4 nitrogen and oxygen atoms in total. The Hall–Kier alpha value is -1.26. The van der Waals surface area contributed by atoms with Crippen molar-refractivity contribution >= 4 is 17.5 Å². The number of ether oxygens (including phenoxy) is 1. The third-order valence-electron chi connectivity index (χ3n) is 4.86. The smallest absolute Gasteiger partial charge is 0.260 e. The lowest BCUT2D eigenvalue weighted by atomic mass is 9.92. The summed E-state index contributed by atoms with van der Waals surface area (Å²) < 4.78 is 5.63. The molecule has 1 aromatic rings. The van der Waals surface area contributed by atoms with Crippen molar-refractivity contribution in [2.75, 3.05) is 32.8 Å². The van der Waals surface area contributed by atoms with Gasteiger partial charge < -0.3 is 15.0 Å². The normalized spacial score (nSPS) is 24.7. The van der Waals surface area contributed by atoms with Crippen LogP contribution in [0.2, 0.25) is 5.02 Å². The minimum Gasteiger partial charge on any atom is -0.484 e. The fraction of sp³-hybridized carbons (Fsp3) is 0.588. The van der Waals surface area contributed by atoms with Gasteiger partial charge in [0.25, 0.3) is 5.91 Å². The Morgan fingerprint density at radius 2 is 2.00 bits per heavy atom. The summed E-state index contributed by atoms with van der Waals surface area (Å²) in [6.45, 7) is 5.95. The SMILES string of the molecule is Cc1cc(OCC(=O)N2CC[C@@H]3CNC[C@@H]3CC2)ccc1Cl. The second-order valence-electron chi connectivity index (χ2n) is 6.34. The predicted molar refractivity (Wildman–Crippen MR) is 87.3 cm³/mol. The molecule has 0 unspecified atom stereocenters. The Bertz CT molecular complexity index is 535. The van der Waals surface area contributed by atoms with Crippen molar-refractivity contribution in [3.8, 4) is 5.75 Å². The Morgan fingerprint density at radius 3 is 2.64 bits per heavy atom. The number of rotatable bonds is 3. The van der Waals surface area contributed by atoms with Crippen molar-refractivity contribution in [2.24, 2.45) is 11.8 Å². The molecule has 2 saturated heterocycles. The summed E-state index contributed by atoms with van der Waals surface area (Å²) in [5, 5.41) is 4.17. The van der Waals surface area contributed by atoms with E-state index in [-0.39, 0.29) is 12.5 Å². The van der Waals surface area contributed by atoms with Gasteiger partial charge in [0.05, 0.1) is 0 Å². The first-order chi connectivity index (χ1) is 10.6. The molecule has 1 N–H and O–H groups in total. The van der Waals surface area contributed by atoms with Gasteiger partial charge in [-0.3, -0.25) is 4.79 Å². The van der Waals surface area contributed by atoms with E-state index in [4.69, 9.17) is 16.3 Å². The summed E-state index contributed by atoms with van der Waals surface area (Å²) in [4.78, 5) is 14.3. The Labute approximate surface area is 136 Å². The lowest BCUT2D eigenvalue weighted by molar-refractivity contribution is -0.133. The highest BCUT2D eigenvalue weighted by Gasteiger charge is 2.31. The number of carbonyl (C=O) groups is 1. The van der Waals surface area contributed by atoms with E-state index in [1.54, 1.807) is 12.1 Å². The fourth-order valence-corrected chi connectivity index (χ4v) is 3.53. The average Bonchev–Trinajstić information content (AvgIpc) is 2.87. The molecule has 120 valence electrons. The number of likely N-dealkylation sites (tertiary alicyclic amines) is 1. The highest BCUT2D eigenvalue weighted by molar-refractivity contribution is 6.31. The van der Waals surface area contributed by atoms with E-state index >= 15 is 0 Å². The molecule has 2 aliphatic heterocycles. The van der Waals surface area contributed by atoms with Gasteiger partial charge in [0.15, 0.2) is 6.61 Å². The van der Waals surface area contributed by atoms with E-state index < -0.39 is 0 Å². The van der Waals surface area contributed by atoms with Crippen LogP contribution in [0.15, 0.2) is 18.2 Å². The van der Waals surface area contributed by atoms with Gasteiger partial charge in [-0.2, -0.15) is 0 Å². The number of benzene rings is 1. The first-order valence-electron chi connectivity index (χ1n) is 8.01. The molecule has 0 radical (unpaired) electrons. The van der Waals surface area contributed by atoms with E-state index in [1.807, 2.05) is 17.9 Å². The van der Waals surface area contributed by atoms with Crippen LogP contribution in [0.25, 0.3) is 0 Å². The lowest BCUT2D eigenvalue weighted by Gasteiger charge is -2.21. The maximum absolute atomic E-state index is 12.4. The number of nitrogens with zero attached hydrogens (tertiary/aromatic N) is 1. The number of carbonyl (C=O) groups excluding carboxylic acids is 1. The van der Waals surface area contributed by atoms with Gasteiger partial charge in [-0.25, -0.2) is 0 Å². The van der Waals surface area contributed by atoms with Crippen LogP contribution in [-0.2, 0) is 4.79 Å². The van der Waals surface area contributed by atoms with Crippen LogP contribution in [0.3, 0.4) is 0 Å². The molecule has 0 aliphatic carbocycles. The zero-order valence-electron chi connectivity index (χ0n) is 13.0. The van der Waals surface area contributed by atoms with Crippen molar-refractivity contribution in [3.63, 3.8) is 0 Å². The van der Waals surface area contributed by atoms with Crippen molar-refractivity contribution in [2.45, 2.75) is 19.8 Å². The maximum Gasteiger partial charge on any atom is 0.260 e. The summed E-state index contributed by atoms with van der Waals surface area (Å²) in [7, 11) is 0. The first-order valence-corrected chi connectivity index (χ1v) is 8.38. The third kappa shape index (κ3) is 3.55. The van der Waals surface area contributed by atoms with Crippen LogP contribution < -0.4 is 10.1 Å². The Kier molecular flexibility index (Phi) is 4.89. The summed E-state index contributed by atoms with van der Waals surface area (Å²) >= 11 is 5.99. The van der Waals surface area contributed by atoms with Crippen LogP contribution in [-0.4, -0.2) is 43.6 Å². The van der Waals surface area contributed by atoms with Gasteiger partial charge in [0.2, 0.25) is 0 Å². The number of hydrogen-bond donors (Lipinski definition) is 1. The summed E-state index contributed by atoms with van der Waals surface area (Å²) in [5.74, 6) is 2.25. The number of fused-ring (bicyclic) bond motifs is 1. The monoisotopic (exact) mass is 322 g/mol. The van der Waals surface area contributed by atoms with E-state index in [0.29, 0.717) is 10.8 Å².